The molecule has 2 saturated heterocycles. The molecule has 0 aromatic rings. The van der Waals surface area contributed by atoms with Crippen molar-refractivity contribution in [2.24, 2.45) is 5.92 Å². The number of hydrogen-bond donors (Lipinski definition) is 1. The minimum Gasteiger partial charge on any atom is -0.378 e. The second kappa shape index (κ2) is 3.75. The first-order valence-corrected chi connectivity index (χ1v) is 5.22. The van der Waals surface area contributed by atoms with Crippen molar-refractivity contribution < 1.29 is 4.74 Å². The Kier molecular flexibility index (Phi) is 2.66. The molecule has 2 atom stereocenters. The van der Waals surface area contributed by atoms with Gasteiger partial charge in [0.1, 0.15) is 0 Å². The van der Waals surface area contributed by atoms with Gasteiger partial charge in [0.05, 0.1) is 13.2 Å². The summed E-state index contributed by atoms with van der Waals surface area (Å²) in [6.45, 7) is 4.17. The molecule has 0 aliphatic carbocycles. The number of hydrogen-bond acceptors (Lipinski definition) is 2. The number of rotatable bonds is 2. The van der Waals surface area contributed by atoms with E-state index in [2.05, 4.69) is 12.2 Å². The molecule has 2 aliphatic heterocycles. The average Bonchev–Trinajstić information content (AvgIpc) is 2.04. The zero-order chi connectivity index (χ0) is 8.39. The quantitative estimate of drug-likeness (QED) is 0.677. The van der Waals surface area contributed by atoms with Gasteiger partial charge in [0.25, 0.3) is 0 Å². The Morgan fingerprint density at radius 2 is 1.92 bits per heavy atom. The Balaban J connectivity index is 1.87. The largest absolute Gasteiger partial charge is 0.378 e. The molecule has 2 unspecified atom stereocenters. The van der Waals surface area contributed by atoms with Crippen LogP contribution in [0.1, 0.15) is 32.6 Å². The molecule has 2 nitrogen and oxygen atoms in total. The van der Waals surface area contributed by atoms with Crippen LogP contribution in [0.5, 0.6) is 0 Å². The van der Waals surface area contributed by atoms with Gasteiger partial charge in [0, 0.05) is 12.1 Å². The normalized spacial score (nSPS) is 41.2. The zero-order valence-corrected chi connectivity index (χ0v) is 7.88. The molecule has 0 amide bonds. The molecular weight excluding hydrogens is 150 g/mol. The van der Waals surface area contributed by atoms with E-state index in [0.29, 0.717) is 12.1 Å². The SMILES string of the molecule is CCCC1CC2COCC(C1)N2. The molecule has 2 rings (SSSR count). The molecule has 70 valence electrons. The first-order valence-electron chi connectivity index (χ1n) is 5.22. The fourth-order valence-corrected chi connectivity index (χ4v) is 2.60. The lowest BCUT2D eigenvalue weighted by Crippen LogP contribution is -2.54. The van der Waals surface area contributed by atoms with Crippen LogP contribution in [0.3, 0.4) is 0 Å². The smallest absolute Gasteiger partial charge is 0.0620 e. The fourth-order valence-electron chi connectivity index (χ4n) is 2.60. The van der Waals surface area contributed by atoms with Gasteiger partial charge in [-0.3, -0.25) is 0 Å². The summed E-state index contributed by atoms with van der Waals surface area (Å²) in [6.07, 6.45) is 5.42. The lowest BCUT2D eigenvalue weighted by Gasteiger charge is -2.40. The molecule has 2 heterocycles. The Morgan fingerprint density at radius 3 is 2.50 bits per heavy atom. The highest BCUT2D eigenvalue weighted by Gasteiger charge is 2.30. The van der Waals surface area contributed by atoms with Crippen LogP contribution in [-0.2, 0) is 4.74 Å². The van der Waals surface area contributed by atoms with Crippen molar-refractivity contribution in [2.45, 2.75) is 44.7 Å². The molecule has 0 aromatic carbocycles. The molecule has 0 spiro atoms. The van der Waals surface area contributed by atoms with Gasteiger partial charge in [-0.15, -0.1) is 0 Å². The van der Waals surface area contributed by atoms with E-state index in [0.717, 1.165) is 19.1 Å². The van der Waals surface area contributed by atoms with Gasteiger partial charge in [-0.25, -0.2) is 0 Å². The van der Waals surface area contributed by atoms with E-state index in [1.807, 2.05) is 0 Å². The van der Waals surface area contributed by atoms with E-state index < -0.39 is 0 Å². The maximum absolute atomic E-state index is 5.50. The number of nitrogens with one attached hydrogen (secondary N) is 1. The second-order valence-electron chi connectivity index (χ2n) is 4.22. The molecule has 2 aliphatic rings. The lowest BCUT2D eigenvalue weighted by molar-refractivity contribution is 0.00679. The topological polar surface area (TPSA) is 21.3 Å². The van der Waals surface area contributed by atoms with Crippen molar-refractivity contribution in [2.75, 3.05) is 13.2 Å². The standard InChI is InChI=1S/C10H19NO/c1-2-3-8-4-9-6-12-7-10(5-8)11-9/h8-11H,2-7H2,1H3. The summed E-state index contributed by atoms with van der Waals surface area (Å²) in [5.41, 5.74) is 0. The highest BCUT2D eigenvalue weighted by Crippen LogP contribution is 2.27. The first-order chi connectivity index (χ1) is 5.88. The molecule has 12 heavy (non-hydrogen) atoms. The van der Waals surface area contributed by atoms with Crippen molar-refractivity contribution in [3.63, 3.8) is 0 Å². The van der Waals surface area contributed by atoms with Gasteiger partial charge in [0.2, 0.25) is 0 Å². The van der Waals surface area contributed by atoms with Crippen molar-refractivity contribution >= 4 is 0 Å². The molecule has 2 fully saturated rings. The molecule has 2 bridgehead atoms. The molecule has 1 N–H and O–H groups in total. The molecule has 0 aromatic heterocycles. The Bertz CT molecular complexity index is 137. The third kappa shape index (κ3) is 1.80. The van der Waals surface area contributed by atoms with Gasteiger partial charge >= 0.3 is 0 Å². The minimum atomic E-state index is 0.661. The Morgan fingerprint density at radius 1 is 1.25 bits per heavy atom. The van der Waals surface area contributed by atoms with Crippen molar-refractivity contribution in [1.82, 2.24) is 5.32 Å². The van der Waals surface area contributed by atoms with Crippen LogP contribution < -0.4 is 5.32 Å². The Labute approximate surface area is 74.7 Å². The highest BCUT2D eigenvalue weighted by molar-refractivity contribution is 4.87. The van der Waals surface area contributed by atoms with Crippen LogP contribution in [-0.4, -0.2) is 25.3 Å². The van der Waals surface area contributed by atoms with Crippen LogP contribution in [0.25, 0.3) is 0 Å². The highest BCUT2D eigenvalue weighted by atomic mass is 16.5. The number of ether oxygens (including phenoxy) is 1. The van der Waals surface area contributed by atoms with Crippen LogP contribution in [0, 0.1) is 5.92 Å². The average molecular weight is 169 g/mol. The van der Waals surface area contributed by atoms with Crippen molar-refractivity contribution in [3.05, 3.63) is 0 Å². The zero-order valence-electron chi connectivity index (χ0n) is 7.88. The molecular formula is C10H19NO. The molecule has 0 saturated carbocycles. The van der Waals surface area contributed by atoms with E-state index in [1.54, 1.807) is 0 Å². The van der Waals surface area contributed by atoms with Crippen molar-refractivity contribution in [3.8, 4) is 0 Å². The van der Waals surface area contributed by atoms with Gasteiger partial charge in [0.15, 0.2) is 0 Å². The lowest BCUT2D eigenvalue weighted by atomic mass is 9.84. The summed E-state index contributed by atoms with van der Waals surface area (Å²) < 4.78 is 5.50. The third-order valence-electron chi connectivity index (χ3n) is 3.04. The van der Waals surface area contributed by atoms with Crippen LogP contribution >= 0.6 is 0 Å². The molecule has 0 radical (unpaired) electrons. The van der Waals surface area contributed by atoms with Gasteiger partial charge in [-0.1, -0.05) is 19.8 Å². The van der Waals surface area contributed by atoms with Crippen LogP contribution in [0.4, 0.5) is 0 Å². The van der Waals surface area contributed by atoms with E-state index in [-0.39, 0.29) is 0 Å². The van der Waals surface area contributed by atoms with E-state index >= 15 is 0 Å². The van der Waals surface area contributed by atoms with E-state index in [1.165, 1.54) is 25.7 Å². The van der Waals surface area contributed by atoms with Crippen LogP contribution in [0.2, 0.25) is 0 Å². The van der Waals surface area contributed by atoms with E-state index in [9.17, 15) is 0 Å². The summed E-state index contributed by atoms with van der Waals surface area (Å²) in [5, 5.41) is 3.62. The van der Waals surface area contributed by atoms with Gasteiger partial charge in [-0.2, -0.15) is 0 Å². The summed E-state index contributed by atoms with van der Waals surface area (Å²) in [5.74, 6) is 0.968. The maximum atomic E-state index is 5.50. The number of morpholine rings is 1. The number of fused-ring (bicyclic) bond motifs is 2. The number of piperidine rings is 1. The second-order valence-corrected chi connectivity index (χ2v) is 4.22. The fraction of sp³-hybridized carbons (Fsp3) is 1.00. The van der Waals surface area contributed by atoms with E-state index in [4.69, 9.17) is 4.74 Å². The third-order valence-corrected chi connectivity index (χ3v) is 3.04. The summed E-state index contributed by atoms with van der Waals surface area (Å²) in [6, 6.07) is 1.32. The summed E-state index contributed by atoms with van der Waals surface area (Å²) in [4.78, 5) is 0. The van der Waals surface area contributed by atoms with Gasteiger partial charge < -0.3 is 10.1 Å². The predicted molar refractivity (Wildman–Crippen MR) is 49.2 cm³/mol. The minimum absolute atomic E-state index is 0.661. The molecule has 2 heteroatoms. The predicted octanol–water partition coefficient (Wildman–Crippen LogP) is 1.55. The van der Waals surface area contributed by atoms with Gasteiger partial charge in [-0.05, 0) is 18.8 Å². The van der Waals surface area contributed by atoms with Crippen LogP contribution in [0.15, 0.2) is 0 Å². The monoisotopic (exact) mass is 169 g/mol. The van der Waals surface area contributed by atoms with Crippen molar-refractivity contribution in [1.29, 1.82) is 0 Å². The summed E-state index contributed by atoms with van der Waals surface area (Å²) >= 11 is 0. The Hall–Kier alpha value is -0.0800. The first kappa shape index (κ1) is 8.52. The summed E-state index contributed by atoms with van der Waals surface area (Å²) in [7, 11) is 0. The maximum Gasteiger partial charge on any atom is 0.0620 e.